The fraction of sp³-hybridized carbons (Fsp3) is 0.571. The summed E-state index contributed by atoms with van der Waals surface area (Å²) in [6, 6.07) is 19.5. The molecule has 0 spiro atoms. The number of rotatable bonds is 22. The van der Waals surface area contributed by atoms with Crippen LogP contribution in [0.5, 0.6) is 0 Å². The van der Waals surface area contributed by atoms with Gasteiger partial charge in [0.05, 0.1) is 24.1 Å². The molecule has 0 radical (unpaired) electrons. The SMILES string of the molecule is CCCCCCC(=Cc1ccccc1)C(O)C(C)(CCC)C(=O)[O-].CCCCCCC(=Cc1ccccc1)C(O)C(C)(CCC)C(=O)[O-].[Ca+2]. The van der Waals surface area contributed by atoms with E-state index in [-0.39, 0.29) is 37.7 Å². The summed E-state index contributed by atoms with van der Waals surface area (Å²) in [7, 11) is 0. The molecule has 0 aromatic heterocycles. The van der Waals surface area contributed by atoms with E-state index in [0.29, 0.717) is 38.5 Å². The minimum Gasteiger partial charge on any atom is -0.549 e. The molecule has 2 rings (SSSR count). The van der Waals surface area contributed by atoms with Gasteiger partial charge in [-0.2, -0.15) is 0 Å². The van der Waals surface area contributed by atoms with Gasteiger partial charge in [-0.1, -0.05) is 166 Å². The zero-order chi connectivity index (χ0) is 36.0. The molecular weight excluding hydrogens is 641 g/mol. The van der Waals surface area contributed by atoms with Crippen LogP contribution in [0.4, 0.5) is 0 Å². The van der Waals surface area contributed by atoms with Crippen molar-refractivity contribution < 1.29 is 30.0 Å². The van der Waals surface area contributed by atoms with Crippen LogP contribution in [0.3, 0.4) is 0 Å². The first-order valence-electron chi connectivity index (χ1n) is 18.2. The average molecular weight is 703 g/mol. The summed E-state index contributed by atoms with van der Waals surface area (Å²) in [6.07, 6.45) is 14.1. The van der Waals surface area contributed by atoms with E-state index in [1.807, 2.05) is 86.7 Å². The third-order valence-corrected chi connectivity index (χ3v) is 9.32. The Morgan fingerprint density at radius 2 is 0.918 bits per heavy atom. The third kappa shape index (κ3) is 16.3. The Morgan fingerprint density at radius 1 is 0.592 bits per heavy atom. The maximum atomic E-state index is 11.7. The third-order valence-electron chi connectivity index (χ3n) is 9.32. The topological polar surface area (TPSA) is 121 Å². The molecule has 2 aromatic carbocycles. The van der Waals surface area contributed by atoms with Gasteiger partial charge in [-0.05, 0) is 60.8 Å². The largest absolute Gasteiger partial charge is 2.00 e. The molecule has 49 heavy (non-hydrogen) atoms. The van der Waals surface area contributed by atoms with Gasteiger partial charge in [0.1, 0.15) is 0 Å². The van der Waals surface area contributed by atoms with E-state index in [4.69, 9.17) is 0 Å². The van der Waals surface area contributed by atoms with Crippen LogP contribution in [0.2, 0.25) is 0 Å². The van der Waals surface area contributed by atoms with Crippen LogP contribution in [-0.4, -0.2) is 72.1 Å². The summed E-state index contributed by atoms with van der Waals surface area (Å²) in [5.41, 5.74) is 1.05. The number of aliphatic hydroxyl groups excluding tert-OH is 2. The van der Waals surface area contributed by atoms with Crippen LogP contribution in [-0.2, 0) is 9.59 Å². The standard InChI is InChI=1S/2C21H32O3.Ca/c2*1-4-6-7-11-14-18(16-17-12-9-8-10-13-17)19(22)21(3,15-5-2)20(23)24;/h2*8-10,12-13,16,19,22H,4-7,11,14-15H2,1-3H3,(H,23,24);/q;;+2/p-2. The van der Waals surface area contributed by atoms with Crippen molar-refractivity contribution in [1.29, 1.82) is 0 Å². The molecule has 4 unspecified atom stereocenters. The van der Waals surface area contributed by atoms with E-state index in [1.165, 1.54) is 0 Å². The first-order chi connectivity index (χ1) is 22.9. The van der Waals surface area contributed by atoms with Crippen LogP contribution in [0.25, 0.3) is 12.2 Å². The molecule has 2 aromatic rings. The number of aliphatic carboxylic acids is 2. The maximum absolute atomic E-state index is 11.7. The van der Waals surface area contributed by atoms with Crippen LogP contribution in [0, 0.1) is 10.8 Å². The van der Waals surface area contributed by atoms with Crippen LogP contribution in [0.15, 0.2) is 71.8 Å². The zero-order valence-corrected chi connectivity index (χ0v) is 33.4. The summed E-state index contributed by atoms with van der Waals surface area (Å²) in [5.74, 6) is -2.35. The van der Waals surface area contributed by atoms with E-state index >= 15 is 0 Å². The van der Waals surface area contributed by atoms with Crippen molar-refractivity contribution >= 4 is 61.8 Å². The van der Waals surface area contributed by atoms with Gasteiger partial charge in [0.25, 0.3) is 0 Å². The predicted octanol–water partition coefficient (Wildman–Crippen LogP) is 7.53. The van der Waals surface area contributed by atoms with Crippen molar-refractivity contribution in [2.45, 2.75) is 144 Å². The fourth-order valence-electron chi connectivity index (χ4n) is 6.17. The Balaban J connectivity index is 0.000000922. The van der Waals surface area contributed by atoms with E-state index in [2.05, 4.69) is 13.8 Å². The van der Waals surface area contributed by atoms with Crippen molar-refractivity contribution in [2.75, 3.05) is 0 Å². The molecule has 0 fully saturated rings. The van der Waals surface area contributed by atoms with Crippen molar-refractivity contribution in [2.24, 2.45) is 10.8 Å². The molecule has 0 aliphatic carbocycles. The Bertz CT molecular complexity index is 1150. The van der Waals surface area contributed by atoms with Gasteiger partial charge in [0, 0.05) is 10.8 Å². The molecule has 268 valence electrons. The number of hydrogen-bond acceptors (Lipinski definition) is 6. The van der Waals surface area contributed by atoms with Gasteiger partial charge in [0.2, 0.25) is 0 Å². The summed E-state index contributed by atoms with van der Waals surface area (Å²) >= 11 is 0. The average Bonchev–Trinajstić information content (AvgIpc) is 3.08. The minimum absolute atomic E-state index is 0. The quantitative estimate of drug-likeness (QED) is 0.0967. The van der Waals surface area contributed by atoms with Gasteiger partial charge in [-0.25, -0.2) is 0 Å². The Hall–Kier alpha value is -1.96. The molecule has 0 aliphatic heterocycles. The first kappa shape index (κ1) is 47.0. The number of carboxylic acid groups (broad SMARTS) is 2. The first-order valence-corrected chi connectivity index (χ1v) is 18.2. The van der Waals surface area contributed by atoms with Crippen molar-refractivity contribution in [3.8, 4) is 0 Å². The molecule has 0 saturated carbocycles. The monoisotopic (exact) mass is 702 g/mol. The number of carbonyl (C=O) groups is 2. The van der Waals surface area contributed by atoms with Gasteiger partial charge in [0.15, 0.2) is 0 Å². The smallest absolute Gasteiger partial charge is 0.549 e. The summed E-state index contributed by atoms with van der Waals surface area (Å²) < 4.78 is 0. The summed E-state index contributed by atoms with van der Waals surface area (Å²) in [4.78, 5) is 23.4. The number of benzene rings is 2. The van der Waals surface area contributed by atoms with Crippen LogP contribution < -0.4 is 10.2 Å². The number of carboxylic acids is 2. The maximum Gasteiger partial charge on any atom is 2.00 e. The number of carbonyl (C=O) groups excluding carboxylic acids is 2. The number of hydrogen-bond donors (Lipinski definition) is 2. The Kier molecular flexibility index (Phi) is 24.9. The second kappa shape index (κ2) is 25.9. The van der Waals surface area contributed by atoms with Crippen molar-refractivity contribution in [1.82, 2.24) is 0 Å². The fourth-order valence-corrected chi connectivity index (χ4v) is 6.17. The van der Waals surface area contributed by atoms with Gasteiger partial charge in [-0.15, -0.1) is 0 Å². The molecule has 4 atom stereocenters. The van der Waals surface area contributed by atoms with Crippen LogP contribution in [0.1, 0.15) is 143 Å². The molecule has 0 saturated heterocycles. The predicted molar refractivity (Wildman–Crippen MR) is 200 cm³/mol. The normalized spacial score (nSPS) is 15.4. The Labute approximate surface area is 327 Å². The van der Waals surface area contributed by atoms with E-state index < -0.39 is 35.0 Å². The molecule has 0 heterocycles. The van der Waals surface area contributed by atoms with E-state index in [9.17, 15) is 30.0 Å². The van der Waals surface area contributed by atoms with Gasteiger partial charge in [-0.3, -0.25) is 0 Å². The molecule has 0 bridgehead atoms. The van der Waals surface area contributed by atoms with Gasteiger partial charge < -0.3 is 30.0 Å². The van der Waals surface area contributed by atoms with Crippen LogP contribution >= 0.6 is 0 Å². The van der Waals surface area contributed by atoms with Crippen molar-refractivity contribution in [3.63, 3.8) is 0 Å². The molecule has 7 heteroatoms. The van der Waals surface area contributed by atoms with Crippen molar-refractivity contribution in [3.05, 3.63) is 82.9 Å². The van der Waals surface area contributed by atoms with E-state index in [0.717, 1.165) is 73.6 Å². The molecule has 2 N–H and O–H groups in total. The zero-order valence-electron chi connectivity index (χ0n) is 31.2. The molecule has 0 amide bonds. The second-order valence-electron chi connectivity index (χ2n) is 13.6. The van der Waals surface area contributed by atoms with Gasteiger partial charge >= 0.3 is 37.7 Å². The molecule has 6 nitrogen and oxygen atoms in total. The number of unbranched alkanes of at least 4 members (excludes halogenated alkanes) is 6. The summed E-state index contributed by atoms with van der Waals surface area (Å²) in [5, 5.41) is 45.1. The molecule has 0 aliphatic rings. The second-order valence-corrected chi connectivity index (χ2v) is 13.6. The van der Waals surface area contributed by atoms with E-state index in [1.54, 1.807) is 13.8 Å². The molecular formula is C42H62CaO6. The minimum atomic E-state index is -1.25. The summed E-state index contributed by atoms with van der Waals surface area (Å²) in [6.45, 7) is 11.4. The Morgan fingerprint density at radius 3 is 1.18 bits per heavy atom. The number of aliphatic hydroxyl groups is 2.